The lowest BCUT2D eigenvalue weighted by Crippen LogP contribution is -1.95. The predicted octanol–water partition coefficient (Wildman–Crippen LogP) is 4.35. The summed E-state index contributed by atoms with van der Waals surface area (Å²) in [5.74, 6) is 0.403. The van der Waals surface area contributed by atoms with Crippen LogP contribution in [-0.2, 0) is 0 Å². The van der Waals surface area contributed by atoms with E-state index >= 15 is 0 Å². The number of phenolic OH excluding ortho intramolecular Hbond substituents is 1. The van der Waals surface area contributed by atoms with Gasteiger partial charge < -0.3 is 14.3 Å². The van der Waals surface area contributed by atoms with Gasteiger partial charge in [0.1, 0.15) is 17.1 Å². The van der Waals surface area contributed by atoms with Crippen molar-refractivity contribution in [1.82, 2.24) is 0 Å². The third-order valence-corrected chi connectivity index (χ3v) is 3.68. The maximum atomic E-state index is 12.4. The van der Waals surface area contributed by atoms with Crippen LogP contribution in [0.2, 0.25) is 0 Å². The van der Waals surface area contributed by atoms with Crippen molar-refractivity contribution in [2.75, 3.05) is 7.11 Å². The van der Waals surface area contributed by atoms with Crippen molar-refractivity contribution >= 4 is 22.8 Å². The highest BCUT2D eigenvalue weighted by molar-refractivity contribution is 6.11. The van der Waals surface area contributed by atoms with Gasteiger partial charge in [0.05, 0.1) is 24.3 Å². The number of aromatic hydroxyl groups is 1. The number of aryl methyl sites for hydroxylation is 1. The Morgan fingerprint density at radius 1 is 1.26 bits per heavy atom. The summed E-state index contributed by atoms with van der Waals surface area (Å²) in [6, 6.07) is 10.6. The summed E-state index contributed by atoms with van der Waals surface area (Å²) in [7, 11) is 1.59. The third kappa shape index (κ3) is 2.83. The van der Waals surface area contributed by atoms with Gasteiger partial charge in [0.2, 0.25) is 0 Å². The molecule has 0 saturated heterocycles. The number of hydrogen-bond donors (Lipinski definition) is 1. The van der Waals surface area contributed by atoms with Crippen molar-refractivity contribution in [1.29, 1.82) is 0 Å². The summed E-state index contributed by atoms with van der Waals surface area (Å²) >= 11 is 0. The van der Waals surface area contributed by atoms with E-state index in [1.807, 2.05) is 31.2 Å². The molecule has 0 amide bonds. The fourth-order valence-corrected chi connectivity index (χ4v) is 2.47. The largest absolute Gasteiger partial charge is 0.506 e. The molecular formula is C19H16O4. The Balaban J connectivity index is 1.92. The van der Waals surface area contributed by atoms with Crippen LogP contribution in [-0.4, -0.2) is 18.0 Å². The fraction of sp³-hybridized carbons (Fsp3) is 0.105. The van der Waals surface area contributed by atoms with Gasteiger partial charge in [-0.15, -0.1) is 0 Å². The smallest absolute Gasteiger partial charge is 0.189 e. The second-order valence-corrected chi connectivity index (χ2v) is 5.23. The van der Waals surface area contributed by atoms with Crippen LogP contribution in [0.3, 0.4) is 0 Å². The number of phenols is 1. The van der Waals surface area contributed by atoms with E-state index in [0.717, 1.165) is 16.9 Å². The molecule has 0 radical (unpaired) electrons. The number of allylic oxidation sites excluding steroid dienone is 1. The van der Waals surface area contributed by atoms with Crippen LogP contribution in [0.4, 0.5) is 0 Å². The highest BCUT2D eigenvalue weighted by Crippen LogP contribution is 2.33. The Bertz CT molecular complexity index is 903. The van der Waals surface area contributed by atoms with Crippen LogP contribution >= 0.6 is 0 Å². The Kier molecular flexibility index (Phi) is 3.89. The van der Waals surface area contributed by atoms with E-state index in [9.17, 15) is 9.90 Å². The summed E-state index contributed by atoms with van der Waals surface area (Å²) in [5.41, 5.74) is 2.45. The minimum Gasteiger partial charge on any atom is -0.506 e. The first-order valence-corrected chi connectivity index (χ1v) is 7.16. The number of rotatable bonds is 4. The van der Waals surface area contributed by atoms with E-state index in [1.54, 1.807) is 31.6 Å². The number of ether oxygens (including phenoxy) is 1. The molecule has 0 aliphatic rings. The van der Waals surface area contributed by atoms with Crippen LogP contribution in [0.1, 0.15) is 21.5 Å². The predicted molar refractivity (Wildman–Crippen MR) is 89.0 cm³/mol. The number of furan rings is 1. The van der Waals surface area contributed by atoms with Crippen molar-refractivity contribution in [3.63, 3.8) is 0 Å². The lowest BCUT2D eigenvalue weighted by Gasteiger charge is -2.03. The van der Waals surface area contributed by atoms with E-state index in [0.29, 0.717) is 11.0 Å². The Hall–Kier alpha value is -3.01. The Morgan fingerprint density at radius 3 is 2.87 bits per heavy atom. The Labute approximate surface area is 133 Å². The molecule has 1 heterocycles. The third-order valence-electron chi connectivity index (χ3n) is 3.68. The van der Waals surface area contributed by atoms with Gasteiger partial charge in [-0.05, 0) is 48.4 Å². The topological polar surface area (TPSA) is 59.7 Å². The zero-order valence-corrected chi connectivity index (χ0v) is 12.9. The average molecular weight is 308 g/mol. The quantitative estimate of drug-likeness (QED) is 0.575. The van der Waals surface area contributed by atoms with Gasteiger partial charge in [0, 0.05) is 0 Å². The molecule has 0 bridgehead atoms. The van der Waals surface area contributed by atoms with Gasteiger partial charge in [-0.1, -0.05) is 18.2 Å². The second kappa shape index (κ2) is 6.01. The van der Waals surface area contributed by atoms with Crippen molar-refractivity contribution in [3.05, 3.63) is 65.4 Å². The first kappa shape index (κ1) is 14.9. The van der Waals surface area contributed by atoms with Gasteiger partial charge in [-0.2, -0.15) is 0 Å². The number of methoxy groups -OCH3 is 1. The van der Waals surface area contributed by atoms with Gasteiger partial charge in [-0.3, -0.25) is 4.79 Å². The molecular weight excluding hydrogens is 292 g/mol. The first-order chi connectivity index (χ1) is 11.1. The SMILES string of the molecule is COc1cccc(/C=C/C(=O)c2ccc3occ(C)c3c2O)c1. The van der Waals surface area contributed by atoms with Gasteiger partial charge >= 0.3 is 0 Å². The van der Waals surface area contributed by atoms with Crippen molar-refractivity contribution in [2.24, 2.45) is 0 Å². The number of carbonyl (C=O) groups excluding carboxylic acids is 1. The number of hydrogen-bond acceptors (Lipinski definition) is 4. The number of fused-ring (bicyclic) bond motifs is 1. The molecule has 4 nitrogen and oxygen atoms in total. The van der Waals surface area contributed by atoms with Gasteiger partial charge in [-0.25, -0.2) is 0 Å². The van der Waals surface area contributed by atoms with Crippen LogP contribution < -0.4 is 4.74 Å². The van der Waals surface area contributed by atoms with Crippen LogP contribution in [0.25, 0.3) is 17.0 Å². The van der Waals surface area contributed by atoms with Crippen molar-refractivity contribution in [3.8, 4) is 11.5 Å². The summed E-state index contributed by atoms with van der Waals surface area (Å²) in [6.45, 7) is 1.83. The minimum atomic E-state index is -0.271. The van der Waals surface area contributed by atoms with Crippen molar-refractivity contribution in [2.45, 2.75) is 6.92 Å². The van der Waals surface area contributed by atoms with E-state index in [1.165, 1.54) is 6.08 Å². The van der Waals surface area contributed by atoms with Gasteiger partial charge in [0.15, 0.2) is 5.78 Å². The van der Waals surface area contributed by atoms with E-state index in [4.69, 9.17) is 9.15 Å². The minimum absolute atomic E-state index is 0.0472. The van der Waals surface area contributed by atoms with Crippen molar-refractivity contribution < 1.29 is 19.1 Å². The summed E-state index contributed by atoms with van der Waals surface area (Å²) in [5, 5.41) is 10.9. The molecule has 3 rings (SSSR count). The number of benzene rings is 2. The molecule has 1 N–H and O–H groups in total. The molecule has 3 aromatic rings. The Morgan fingerprint density at radius 2 is 2.09 bits per heavy atom. The van der Waals surface area contributed by atoms with E-state index in [2.05, 4.69) is 0 Å². The zero-order valence-electron chi connectivity index (χ0n) is 12.9. The second-order valence-electron chi connectivity index (χ2n) is 5.23. The lowest BCUT2D eigenvalue weighted by atomic mass is 10.0. The zero-order chi connectivity index (χ0) is 16.4. The van der Waals surface area contributed by atoms with Crippen LogP contribution in [0.5, 0.6) is 11.5 Å². The molecule has 0 aliphatic heterocycles. The monoisotopic (exact) mass is 308 g/mol. The lowest BCUT2D eigenvalue weighted by molar-refractivity contribution is 0.104. The highest BCUT2D eigenvalue weighted by Gasteiger charge is 2.15. The number of ketones is 1. The normalized spacial score (nSPS) is 11.2. The molecule has 0 fully saturated rings. The maximum Gasteiger partial charge on any atom is 0.189 e. The maximum absolute atomic E-state index is 12.4. The molecule has 2 aromatic carbocycles. The summed E-state index contributed by atoms with van der Waals surface area (Å²) in [6.07, 6.45) is 4.69. The fourth-order valence-electron chi connectivity index (χ4n) is 2.47. The molecule has 0 unspecified atom stereocenters. The summed E-state index contributed by atoms with van der Waals surface area (Å²) in [4.78, 5) is 12.4. The molecule has 0 saturated carbocycles. The highest BCUT2D eigenvalue weighted by atomic mass is 16.5. The standard InChI is InChI=1S/C19H16O4/c1-12-11-23-17-9-7-15(19(21)18(12)17)16(20)8-6-13-4-3-5-14(10-13)22-2/h3-11,21H,1-2H3/b8-6+. The van der Waals surface area contributed by atoms with Crippen LogP contribution in [0, 0.1) is 6.92 Å². The molecule has 1 aromatic heterocycles. The molecule has 4 heteroatoms. The molecule has 116 valence electrons. The molecule has 0 spiro atoms. The number of carbonyl (C=O) groups is 1. The van der Waals surface area contributed by atoms with Crippen LogP contribution in [0.15, 0.2) is 53.2 Å². The first-order valence-electron chi connectivity index (χ1n) is 7.16. The average Bonchev–Trinajstić information content (AvgIpc) is 2.95. The van der Waals surface area contributed by atoms with E-state index < -0.39 is 0 Å². The van der Waals surface area contributed by atoms with Gasteiger partial charge in [0.25, 0.3) is 0 Å². The molecule has 23 heavy (non-hydrogen) atoms. The molecule has 0 atom stereocenters. The van der Waals surface area contributed by atoms with E-state index in [-0.39, 0.29) is 17.1 Å². The molecule has 0 aliphatic carbocycles. The summed E-state index contributed by atoms with van der Waals surface area (Å²) < 4.78 is 10.5.